The van der Waals surface area contributed by atoms with Gasteiger partial charge in [0, 0.05) is 31.1 Å². The zero-order valence-electron chi connectivity index (χ0n) is 32.4. The van der Waals surface area contributed by atoms with Gasteiger partial charge in [0.05, 0.1) is 18.8 Å². The van der Waals surface area contributed by atoms with Crippen LogP contribution in [0, 0.1) is 11.8 Å². The van der Waals surface area contributed by atoms with E-state index in [9.17, 15) is 29.2 Å². The summed E-state index contributed by atoms with van der Waals surface area (Å²) in [5.74, 6) is -1.86. The molecule has 0 saturated heterocycles. The summed E-state index contributed by atoms with van der Waals surface area (Å²) in [6, 6.07) is 0. The second kappa shape index (κ2) is 30.9. The number of ether oxygens (including phenoxy) is 2. The molecule has 0 radical (unpaired) electrons. The van der Waals surface area contributed by atoms with E-state index in [1.165, 1.54) is 19.3 Å². The Morgan fingerprint density at radius 1 is 0.792 bits per heavy atom. The molecule has 0 bridgehead atoms. The molecule has 0 spiro atoms. The van der Waals surface area contributed by atoms with Gasteiger partial charge >= 0.3 is 19.8 Å². The SMILES string of the molecule is CCCCC/C=C\C/C=C\CCCCCCCC(=O)OC[C@H](COP(=O)(O)O)OC(=O)CCC/C=C\C[C@H]1C(=O)C[C@@H](O)[C@@H]1/C=C/[C@@H](O)CCCCC. The van der Waals surface area contributed by atoms with E-state index in [2.05, 4.69) is 42.7 Å². The molecule has 0 heterocycles. The van der Waals surface area contributed by atoms with Gasteiger partial charge in [-0.1, -0.05) is 114 Å². The number of esters is 2. The molecule has 0 amide bonds. The van der Waals surface area contributed by atoms with Crippen LogP contribution in [0.3, 0.4) is 0 Å². The number of rotatable bonds is 32. The van der Waals surface area contributed by atoms with Crippen molar-refractivity contribution in [2.24, 2.45) is 11.8 Å². The number of hydrogen-bond donors (Lipinski definition) is 4. The summed E-state index contributed by atoms with van der Waals surface area (Å²) in [6.07, 6.45) is 30.5. The van der Waals surface area contributed by atoms with Gasteiger partial charge in [0.1, 0.15) is 12.4 Å². The minimum Gasteiger partial charge on any atom is -0.462 e. The second-order valence-electron chi connectivity index (χ2n) is 14.0. The lowest BCUT2D eigenvalue weighted by Gasteiger charge is -2.18. The van der Waals surface area contributed by atoms with Crippen LogP contribution in [0.15, 0.2) is 48.6 Å². The second-order valence-corrected chi connectivity index (χ2v) is 15.3. The normalized spacial score (nSPS) is 19.3. The Balaban J connectivity index is 2.34. The molecule has 1 aliphatic carbocycles. The molecule has 0 unspecified atom stereocenters. The molecule has 0 aliphatic heterocycles. The average molecular weight is 769 g/mol. The van der Waals surface area contributed by atoms with Crippen molar-refractivity contribution in [1.82, 2.24) is 0 Å². The van der Waals surface area contributed by atoms with E-state index in [4.69, 9.17) is 19.3 Å². The number of hydrogen-bond acceptors (Lipinski definition) is 9. The van der Waals surface area contributed by atoms with Crippen LogP contribution in [0.1, 0.15) is 149 Å². The van der Waals surface area contributed by atoms with Gasteiger partial charge in [-0.3, -0.25) is 18.9 Å². The van der Waals surface area contributed by atoms with Gasteiger partial charge < -0.3 is 29.5 Å². The number of phosphoric ester groups is 1. The highest BCUT2D eigenvalue weighted by molar-refractivity contribution is 7.46. The number of allylic oxidation sites excluding steroid dienone is 6. The van der Waals surface area contributed by atoms with Crippen LogP contribution in [-0.4, -0.2) is 69.2 Å². The van der Waals surface area contributed by atoms with E-state index in [-0.39, 0.29) is 43.5 Å². The number of phosphoric acid groups is 1. The molecule has 4 N–H and O–H groups in total. The molecular formula is C41H69O11P. The lowest BCUT2D eigenvalue weighted by molar-refractivity contribution is -0.161. The molecule has 0 aromatic heterocycles. The largest absolute Gasteiger partial charge is 0.469 e. The maximum absolute atomic E-state index is 12.5. The Morgan fingerprint density at radius 2 is 1.40 bits per heavy atom. The molecule has 11 nitrogen and oxygen atoms in total. The third-order valence-corrected chi connectivity index (χ3v) is 9.67. The maximum atomic E-state index is 12.5. The summed E-state index contributed by atoms with van der Waals surface area (Å²) in [6.45, 7) is 3.30. The van der Waals surface area contributed by atoms with E-state index in [1.54, 1.807) is 12.2 Å². The van der Waals surface area contributed by atoms with Crippen LogP contribution in [-0.2, 0) is 32.9 Å². The minimum absolute atomic E-state index is 0.0129. The maximum Gasteiger partial charge on any atom is 0.469 e. The van der Waals surface area contributed by atoms with Crippen LogP contribution in [0.2, 0.25) is 0 Å². The lowest BCUT2D eigenvalue weighted by Crippen LogP contribution is -2.29. The fraction of sp³-hybridized carbons (Fsp3) is 0.732. The summed E-state index contributed by atoms with van der Waals surface area (Å²) in [5.41, 5.74) is 0. The Hall–Kier alpha value is -2.40. The summed E-state index contributed by atoms with van der Waals surface area (Å²) < 4.78 is 26.3. The first-order chi connectivity index (χ1) is 25.5. The molecule has 5 atom stereocenters. The summed E-state index contributed by atoms with van der Waals surface area (Å²) in [5, 5.41) is 20.6. The van der Waals surface area contributed by atoms with Gasteiger partial charge in [0.25, 0.3) is 0 Å². The lowest BCUT2D eigenvalue weighted by atomic mass is 9.90. The quantitative estimate of drug-likeness (QED) is 0.0223. The molecule has 1 aliphatic rings. The zero-order chi connectivity index (χ0) is 39.2. The van der Waals surface area contributed by atoms with Gasteiger partial charge in [-0.05, 0) is 64.2 Å². The van der Waals surface area contributed by atoms with Crippen molar-refractivity contribution in [3.63, 3.8) is 0 Å². The van der Waals surface area contributed by atoms with Gasteiger partial charge in [-0.25, -0.2) is 4.57 Å². The van der Waals surface area contributed by atoms with Crippen molar-refractivity contribution in [3.8, 4) is 0 Å². The average Bonchev–Trinajstić information content (AvgIpc) is 3.38. The first-order valence-electron chi connectivity index (χ1n) is 20.0. The van der Waals surface area contributed by atoms with Gasteiger partial charge in [0.15, 0.2) is 6.10 Å². The zero-order valence-corrected chi connectivity index (χ0v) is 33.3. The minimum atomic E-state index is -4.83. The first-order valence-corrected chi connectivity index (χ1v) is 21.6. The molecule has 304 valence electrons. The summed E-state index contributed by atoms with van der Waals surface area (Å²) in [4.78, 5) is 55.5. The van der Waals surface area contributed by atoms with E-state index >= 15 is 0 Å². The number of Topliss-reactive ketones (excluding diaryl/α,β-unsaturated/α-hetero) is 1. The molecule has 0 aromatic rings. The van der Waals surface area contributed by atoms with Crippen molar-refractivity contribution < 1.29 is 52.9 Å². The number of aliphatic hydroxyl groups is 2. The highest BCUT2D eigenvalue weighted by Gasteiger charge is 2.39. The smallest absolute Gasteiger partial charge is 0.462 e. The van der Waals surface area contributed by atoms with E-state index in [0.29, 0.717) is 32.1 Å². The van der Waals surface area contributed by atoms with Crippen molar-refractivity contribution in [2.75, 3.05) is 13.2 Å². The molecule has 53 heavy (non-hydrogen) atoms. The van der Waals surface area contributed by atoms with Crippen LogP contribution < -0.4 is 0 Å². The number of unbranched alkanes of at least 4 members (excludes halogenated alkanes) is 11. The van der Waals surface area contributed by atoms with Crippen LogP contribution in [0.25, 0.3) is 0 Å². The number of carbonyl (C=O) groups is 3. The third kappa shape index (κ3) is 26.9. The Bertz CT molecular complexity index is 1160. The van der Waals surface area contributed by atoms with Crippen molar-refractivity contribution in [2.45, 2.75) is 167 Å². The monoisotopic (exact) mass is 768 g/mol. The molecule has 1 saturated carbocycles. The highest BCUT2D eigenvalue weighted by Crippen LogP contribution is 2.36. The predicted molar refractivity (Wildman–Crippen MR) is 208 cm³/mol. The number of ketones is 1. The van der Waals surface area contributed by atoms with Gasteiger partial charge in [-0.2, -0.15) is 0 Å². The number of aliphatic hydroxyl groups excluding tert-OH is 2. The fourth-order valence-corrected chi connectivity index (χ4v) is 6.45. The summed E-state index contributed by atoms with van der Waals surface area (Å²) in [7, 11) is -4.83. The predicted octanol–water partition coefficient (Wildman–Crippen LogP) is 8.54. The van der Waals surface area contributed by atoms with Gasteiger partial charge in [-0.15, -0.1) is 0 Å². The molecule has 1 rings (SSSR count). The Labute approximate surface area is 318 Å². The molecule has 1 fully saturated rings. The van der Waals surface area contributed by atoms with Crippen LogP contribution in [0.4, 0.5) is 0 Å². The van der Waals surface area contributed by atoms with Crippen LogP contribution >= 0.6 is 7.82 Å². The van der Waals surface area contributed by atoms with Crippen molar-refractivity contribution >= 4 is 25.5 Å². The van der Waals surface area contributed by atoms with E-state index in [0.717, 1.165) is 64.2 Å². The Kier molecular flexibility index (Phi) is 28.3. The molecule has 12 heteroatoms. The topological polar surface area (TPSA) is 177 Å². The highest BCUT2D eigenvalue weighted by atomic mass is 31.2. The summed E-state index contributed by atoms with van der Waals surface area (Å²) >= 11 is 0. The molecular weight excluding hydrogens is 699 g/mol. The first kappa shape index (κ1) is 48.6. The number of carbonyl (C=O) groups excluding carboxylic acids is 3. The standard InChI is InChI=1S/C41H69O11P/c1-3-5-7-8-9-10-11-12-13-14-15-16-17-18-23-27-40(45)50-32-35(33-51-53(47,48)49)52-41(46)28-24-20-19-22-26-36-37(39(44)31-38(36)43)30-29-34(42)25-21-6-4-2/h9-10,12-13,19,22,29-30,34-37,39,42,44H,3-8,11,14-18,20-21,23-28,31-33H2,1-2H3,(H2,47,48,49)/b10-9-,13-12-,22-19-,30-29+/t34-,35+,36+,37+,39+/m0/s1. The Morgan fingerprint density at radius 3 is 2.09 bits per heavy atom. The third-order valence-electron chi connectivity index (χ3n) is 9.19. The van der Waals surface area contributed by atoms with E-state index < -0.39 is 44.7 Å². The van der Waals surface area contributed by atoms with Crippen molar-refractivity contribution in [1.29, 1.82) is 0 Å². The fourth-order valence-electron chi connectivity index (χ4n) is 6.09. The van der Waals surface area contributed by atoms with Crippen molar-refractivity contribution in [3.05, 3.63) is 48.6 Å². The molecule has 0 aromatic carbocycles. The van der Waals surface area contributed by atoms with E-state index in [1.807, 2.05) is 12.2 Å². The van der Waals surface area contributed by atoms with Crippen LogP contribution in [0.5, 0.6) is 0 Å². The van der Waals surface area contributed by atoms with Gasteiger partial charge in [0.2, 0.25) is 0 Å².